The molecule has 0 saturated heterocycles. The van der Waals surface area contributed by atoms with Crippen molar-refractivity contribution in [3.8, 4) is 11.1 Å². The lowest BCUT2D eigenvalue weighted by molar-refractivity contribution is 1.07. The number of hydrogen-bond donors (Lipinski definition) is 1. The molecule has 1 nitrogen and oxygen atoms in total. The Labute approximate surface area is 95.7 Å². The van der Waals surface area contributed by atoms with Crippen LogP contribution in [0, 0.1) is 0 Å². The van der Waals surface area contributed by atoms with Gasteiger partial charge in [0.05, 0.1) is 0 Å². The van der Waals surface area contributed by atoms with Gasteiger partial charge in [0.2, 0.25) is 0 Å². The molecule has 0 aliphatic rings. The molecular formula is C11H10BrNS. The van der Waals surface area contributed by atoms with E-state index < -0.39 is 0 Å². The van der Waals surface area contributed by atoms with Gasteiger partial charge in [-0.15, -0.1) is 0 Å². The lowest BCUT2D eigenvalue weighted by Crippen LogP contribution is -1.94. The molecule has 2 N–H and O–H groups in total. The Bertz CT molecular complexity index is 419. The standard InChI is InChI=1S/C11H10BrNS/c12-11-7-14-6-10(11)9-3-1-8(5-13)2-4-9/h1-4,6-7H,5,13H2. The summed E-state index contributed by atoms with van der Waals surface area (Å²) in [6.45, 7) is 0.602. The fourth-order valence-corrected chi connectivity index (χ4v) is 2.84. The average molecular weight is 268 g/mol. The highest BCUT2D eigenvalue weighted by Crippen LogP contribution is 2.31. The third-order valence-electron chi connectivity index (χ3n) is 2.12. The first kappa shape index (κ1) is 9.90. The van der Waals surface area contributed by atoms with Crippen LogP contribution in [0.4, 0.5) is 0 Å². The summed E-state index contributed by atoms with van der Waals surface area (Å²) in [4.78, 5) is 0. The molecule has 72 valence electrons. The van der Waals surface area contributed by atoms with Crippen LogP contribution in [0.15, 0.2) is 39.5 Å². The predicted octanol–water partition coefficient (Wildman–Crippen LogP) is 3.64. The van der Waals surface area contributed by atoms with Crippen molar-refractivity contribution < 1.29 is 0 Å². The lowest BCUT2D eigenvalue weighted by Gasteiger charge is -2.01. The van der Waals surface area contributed by atoms with E-state index in [0.29, 0.717) is 6.54 Å². The lowest BCUT2D eigenvalue weighted by atomic mass is 10.1. The van der Waals surface area contributed by atoms with E-state index in [1.54, 1.807) is 11.3 Å². The third kappa shape index (κ3) is 1.90. The monoisotopic (exact) mass is 267 g/mol. The van der Waals surface area contributed by atoms with Crippen molar-refractivity contribution in [2.24, 2.45) is 5.73 Å². The molecule has 0 unspecified atom stereocenters. The second-order valence-corrected chi connectivity index (χ2v) is 4.63. The first-order chi connectivity index (χ1) is 6.81. The molecule has 0 radical (unpaired) electrons. The van der Waals surface area contributed by atoms with Crippen molar-refractivity contribution in [2.45, 2.75) is 6.54 Å². The fraction of sp³-hybridized carbons (Fsp3) is 0.0909. The van der Waals surface area contributed by atoms with E-state index in [9.17, 15) is 0 Å². The molecule has 0 amide bonds. The van der Waals surface area contributed by atoms with Gasteiger partial charge in [0.25, 0.3) is 0 Å². The number of halogens is 1. The SMILES string of the molecule is NCc1ccc(-c2cscc2Br)cc1. The van der Waals surface area contributed by atoms with Crippen molar-refractivity contribution in [3.63, 3.8) is 0 Å². The normalized spacial score (nSPS) is 10.4. The Balaban J connectivity index is 2.39. The summed E-state index contributed by atoms with van der Waals surface area (Å²) < 4.78 is 1.16. The van der Waals surface area contributed by atoms with Crippen LogP contribution in [-0.2, 0) is 6.54 Å². The summed E-state index contributed by atoms with van der Waals surface area (Å²) in [5.41, 5.74) is 9.19. The van der Waals surface area contributed by atoms with Gasteiger partial charge >= 0.3 is 0 Å². The van der Waals surface area contributed by atoms with Crippen LogP contribution in [-0.4, -0.2) is 0 Å². The van der Waals surface area contributed by atoms with Gasteiger partial charge in [0, 0.05) is 22.0 Å². The number of nitrogens with two attached hydrogens (primary N) is 1. The van der Waals surface area contributed by atoms with Gasteiger partial charge in [-0.3, -0.25) is 0 Å². The summed E-state index contributed by atoms with van der Waals surface area (Å²) in [6, 6.07) is 8.35. The Morgan fingerprint density at radius 2 is 1.86 bits per heavy atom. The summed E-state index contributed by atoms with van der Waals surface area (Å²) in [5.74, 6) is 0. The van der Waals surface area contributed by atoms with E-state index in [1.807, 2.05) is 0 Å². The molecule has 0 fully saturated rings. The minimum Gasteiger partial charge on any atom is -0.326 e. The molecule has 1 aromatic heterocycles. The highest BCUT2D eigenvalue weighted by Gasteiger charge is 2.02. The minimum atomic E-state index is 0.602. The summed E-state index contributed by atoms with van der Waals surface area (Å²) >= 11 is 5.22. The molecule has 0 aliphatic carbocycles. The van der Waals surface area contributed by atoms with Crippen molar-refractivity contribution in [1.29, 1.82) is 0 Å². The van der Waals surface area contributed by atoms with Crippen LogP contribution in [0.25, 0.3) is 11.1 Å². The Morgan fingerprint density at radius 3 is 2.36 bits per heavy atom. The molecule has 0 spiro atoms. The van der Waals surface area contributed by atoms with Crippen LogP contribution in [0.5, 0.6) is 0 Å². The molecule has 1 aromatic carbocycles. The van der Waals surface area contributed by atoms with Crippen LogP contribution >= 0.6 is 27.3 Å². The minimum absolute atomic E-state index is 0.602. The van der Waals surface area contributed by atoms with Crippen LogP contribution in [0.2, 0.25) is 0 Å². The van der Waals surface area contributed by atoms with Gasteiger partial charge in [-0.2, -0.15) is 11.3 Å². The Hall–Kier alpha value is -0.640. The van der Waals surface area contributed by atoms with Crippen molar-refractivity contribution in [2.75, 3.05) is 0 Å². The number of thiophene rings is 1. The first-order valence-electron chi connectivity index (χ1n) is 4.32. The van der Waals surface area contributed by atoms with E-state index >= 15 is 0 Å². The molecule has 1 heterocycles. The maximum absolute atomic E-state index is 5.54. The average Bonchev–Trinajstić information content (AvgIpc) is 2.65. The van der Waals surface area contributed by atoms with Gasteiger partial charge in [-0.1, -0.05) is 24.3 Å². The predicted molar refractivity (Wildman–Crippen MR) is 65.3 cm³/mol. The molecule has 0 bridgehead atoms. The maximum Gasteiger partial charge on any atom is 0.0360 e. The smallest absolute Gasteiger partial charge is 0.0360 e. The fourth-order valence-electron chi connectivity index (χ4n) is 1.31. The summed E-state index contributed by atoms with van der Waals surface area (Å²) in [6.07, 6.45) is 0. The quantitative estimate of drug-likeness (QED) is 0.884. The van der Waals surface area contributed by atoms with Crippen LogP contribution in [0.3, 0.4) is 0 Å². The molecule has 2 aromatic rings. The molecular weight excluding hydrogens is 258 g/mol. The van der Waals surface area contributed by atoms with E-state index in [2.05, 4.69) is 51.0 Å². The highest BCUT2D eigenvalue weighted by molar-refractivity contribution is 9.10. The van der Waals surface area contributed by atoms with Gasteiger partial charge in [-0.25, -0.2) is 0 Å². The maximum atomic E-state index is 5.54. The van der Waals surface area contributed by atoms with Gasteiger partial charge < -0.3 is 5.73 Å². The summed E-state index contributed by atoms with van der Waals surface area (Å²) in [7, 11) is 0. The Morgan fingerprint density at radius 1 is 1.14 bits per heavy atom. The second kappa shape index (κ2) is 4.26. The number of hydrogen-bond acceptors (Lipinski definition) is 2. The molecule has 3 heteroatoms. The van der Waals surface area contributed by atoms with Gasteiger partial charge in [0.15, 0.2) is 0 Å². The van der Waals surface area contributed by atoms with E-state index in [1.165, 1.54) is 16.7 Å². The molecule has 14 heavy (non-hydrogen) atoms. The van der Waals surface area contributed by atoms with E-state index in [0.717, 1.165) is 4.47 Å². The highest BCUT2D eigenvalue weighted by atomic mass is 79.9. The molecule has 0 atom stereocenters. The van der Waals surface area contributed by atoms with Crippen molar-refractivity contribution in [1.82, 2.24) is 0 Å². The van der Waals surface area contributed by atoms with Crippen LogP contribution in [0.1, 0.15) is 5.56 Å². The summed E-state index contributed by atoms with van der Waals surface area (Å²) in [5, 5.41) is 4.23. The van der Waals surface area contributed by atoms with Gasteiger partial charge in [0.1, 0.15) is 0 Å². The number of rotatable bonds is 2. The molecule has 0 saturated carbocycles. The van der Waals surface area contributed by atoms with E-state index in [-0.39, 0.29) is 0 Å². The largest absolute Gasteiger partial charge is 0.326 e. The van der Waals surface area contributed by atoms with Crippen molar-refractivity contribution >= 4 is 27.3 Å². The first-order valence-corrected chi connectivity index (χ1v) is 6.06. The second-order valence-electron chi connectivity index (χ2n) is 3.03. The third-order valence-corrected chi connectivity index (χ3v) is 3.82. The van der Waals surface area contributed by atoms with Crippen molar-refractivity contribution in [3.05, 3.63) is 45.1 Å². The van der Waals surface area contributed by atoms with E-state index in [4.69, 9.17) is 5.73 Å². The Kier molecular flexibility index (Phi) is 3.01. The topological polar surface area (TPSA) is 26.0 Å². The zero-order valence-corrected chi connectivity index (χ0v) is 9.94. The number of benzene rings is 1. The zero-order chi connectivity index (χ0) is 9.97. The molecule has 0 aliphatic heterocycles. The van der Waals surface area contributed by atoms with Crippen LogP contribution < -0.4 is 5.73 Å². The zero-order valence-electron chi connectivity index (χ0n) is 7.53. The molecule has 2 rings (SSSR count). The van der Waals surface area contributed by atoms with Gasteiger partial charge in [-0.05, 0) is 32.4 Å².